The van der Waals surface area contributed by atoms with Crippen LogP contribution < -0.4 is 19.5 Å². The van der Waals surface area contributed by atoms with Gasteiger partial charge in [-0.1, -0.05) is 19.1 Å². The summed E-state index contributed by atoms with van der Waals surface area (Å²) in [5, 5.41) is 3.32. The average molecular weight is 265 g/mol. The molecular formula is C15H23NO3. The van der Waals surface area contributed by atoms with E-state index >= 15 is 0 Å². The molecule has 1 aromatic rings. The number of benzene rings is 1. The molecule has 0 spiro atoms. The van der Waals surface area contributed by atoms with E-state index in [2.05, 4.69) is 25.2 Å². The molecule has 4 heteroatoms. The summed E-state index contributed by atoms with van der Waals surface area (Å²) in [4.78, 5) is 0. The summed E-state index contributed by atoms with van der Waals surface area (Å²) < 4.78 is 15.9. The first-order valence-electron chi connectivity index (χ1n) is 6.37. The van der Waals surface area contributed by atoms with Crippen LogP contribution in [-0.2, 0) is 0 Å². The van der Waals surface area contributed by atoms with Gasteiger partial charge in [-0.3, -0.25) is 0 Å². The lowest BCUT2D eigenvalue weighted by Crippen LogP contribution is -2.22. The van der Waals surface area contributed by atoms with E-state index in [1.54, 1.807) is 21.3 Å². The first kappa shape index (κ1) is 15.4. The largest absolute Gasteiger partial charge is 0.496 e. The second kappa shape index (κ2) is 7.69. The highest BCUT2D eigenvalue weighted by Crippen LogP contribution is 2.35. The Morgan fingerprint density at radius 1 is 1.05 bits per heavy atom. The third-order valence-corrected chi connectivity index (χ3v) is 2.83. The van der Waals surface area contributed by atoms with Crippen LogP contribution in [0.5, 0.6) is 17.2 Å². The third-order valence-electron chi connectivity index (χ3n) is 2.83. The second-order valence-corrected chi connectivity index (χ2v) is 4.15. The zero-order valence-corrected chi connectivity index (χ0v) is 12.3. The maximum atomic E-state index is 5.37. The highest BCUT2D eigenvalue weighted by atomic mass is 16.5. The monoisotopic (exact) mass is 265 g/mol. The van der Waals surface area contributed by atoms with Crippen LogP contribution in [0.25, 0.3) is 6.08 Å². The van der Waals surface area contributed by atoms with Crippen LogP contribution in [0.4, 0.5) is 0 Å². The molecule has 106 valence electrons. The van der Waals surface area contributed by atoms with Gasteiger partial charge >= 0.3 is 0 Å². The van der Waals surface area contributed by atoms with Gasteiger partial charge in [-0.05, 0) is 19.5 Å². The van der Waals surface area contributed by atoms with Crippen molar-refractivity contribution < 1.29 is 14.2 Å². The van der Waals surface area contributed by atoms with E-state index in [9.17, 15) is 0 Å². The van der Waals surface area contributed by atoms with Gasteiger partial charge < -0.3 is 19.5 Å². The molecule has 1 unspecified atom stereocenters. The molecular weight excluding hydrogens is 242 g/mol. The zero-order chi connectivity index (χ0) is 14.3. The summed E-state index contributed by atoms with van der Waals surface area (Å²) in [5.41, 5.74) is 0.963. The predicted octanol–water partition coefficient (Wildman–Crippen LogP) is 2.72. The Kier molecular flexibility index (Phi) is 6.22. The molecule has 1 aromatic carbocycles. The molecule has 1 atom stereocenters. The minimum atomic E-state index is 0.308. The number of likely N-dealkylation sites (N-methyl/N-ethyl adjacent to an activating group) is 1. The first-order chi connectivity index (χ1) is 9.15. The van der Waals surface area contributed by atoms with Crippen LogP contribution >= 0.6 is 0 Å². The first-order valence-corrected chi connectivity index (χ1v) is 6.37. The molecule has 0 radical (unpaired) electrons. The molecule has 0 aliphatic heterocycles. The summed E-state index contributed by atoms with van der Waals surface area (Å²) in [5.74, 6) is 2.12. The Hall–Kier alpha value is -1.68. The molecule has 0 amide bonds. The zero-order valence-electron chi connectivity index (χ0n) is 12.3. The minimum absolute atomic E-state index is 0.308. The van der Waals surface area contributed by atoms with Crippen molar-refractivity contribution in [3.63, 3.8) is 0 Å². The van der Waals surface area contributed by atoms with E-state index in [0.717, 1.165) is 17.9 Å². The molecule has 0 aliphatic carbocycles. The molecule has 0 bridgehead atoms. The number of methoxy groups -OCH3 is 3. The van der Waals surface area contributed by atoms with Crippen LogP contribution in [0.15, 0.2) is 18.2 Å². The van der Waals surface area contributed by atoms with Gasteiger partial charge in [0.05, 0.1) is 21.3 Å². The normalized spacial score (nSPS) is 12.5. The maximum Gasteiger partial charge on any atom is 0.164 e. The van der Waals surface area contributed by atoms with E-state index in [0.29, 0.717) is 17.5 Å². The van der Waals surface area contributed by atoms with E-state index in [1.807, 2.05) is 18.2 Å². The average Bonchev–Trinajstić information content (AvgIpc) is 2.44. The Morgan fingerprint density at radius 3 is 2.16 bits per heavy atom. The van der Waals surface area contributed by atoms with Gasteiger partial charge in [-0.25, -0.2) is 0 Å². The molecule has 0 aromatic heterocycles. The maximum absolute atomic E-state index is 5.37. The summed E-state index contributed by atoms with van der Waals surface area (Å²) in [6.45, 7) is 5.13. The van der Waals surface area contributed by atoms with Gasteiger partial charge in [0, 0.05) is 17.7 Å². The Morgan fingerprint density at radius 2 is 1.63 bits per heavy atom. The highest BCUT2D eigenvalue weighted by molar-refractivity contribution is 5.63. The molecule has 1 N–H and O–H groups in total. The number of ether oxygens (including phenoxy) is 3. The molecule has 4 nitrogen and oxygen atoms in total. The molecule has 0 fully saturated rings. The topological polar surface area (TPSA) is 39.7 Å². The van der Waals surface area contributed by atoms with Crippen LogP contribution in [0, 0.1) is 0 Å². The fraction of sp³-hybridized carbons (Fsp3) is 0.467. The van der Waals surface area contributed by atoms with Gasteiger partial charge in [-0.2, -0.15) is 0 Å². The van der Waals surface area contributed by atoms with Gasteiger partial charge in [-0.15, -0.1) is 0 Å². The molecule has 0 aliphatic rings. The van der Waals surface area contributed by atoms with E-state index < -0.39 is 0 Å². The number of hydrogen-bond donors (Lipinski definition) is 1. The number of hydrogen-bond acceptors (Lipinski definition) is 4. The molecule has 19 heavy (non-hydrogen) atoms. The quantitative estimate of drug-likeness (QED) is 0.823. The Balaban J connectivity index is 3.05. The van der Waals surface area contributed by atoms with E-state index in [4.69, 9.17) is 14.2 Å². The van der Waals surface area contributed by atoms with Crippen molar-refractivity contribution in [1.29, 1.82) is 0 Å². The van der Waals surface area contributed by atoms with Gasteiger partial charge in [0.2, 0.25) is 0 Å². The summed E-state index contributed by atoms with van der Waals surface area (Å²) in [6, 6.07) is 4.05. The van der Waals surface area contributed by atoms with Crippen LogP contribution in [0.2, 0.25) is 0 Å². The van der Waals surface area contributed by atoms with Crippen molar-refractivity contribution in [3.8, 4) is 17.2 Å². The van der Waals surface area contributed by atoms with Crippen molar-refractivity contribution in [2.75, 3.05) is 27.9 Å². The molecule has 1 rings (SSSR count). The highest BCUT2D eigenvalue weighted by Gasteiger charge is 2.10. The predicted molar refractivity (Wildman–Crippen MR) is 78.3 cm³/mol. The van der Waals surface area contributed by atoms with E-state index in [1.165, 1.54) is 0 Å². The third kappa shape index (κ3) is 4.17. The summed E-state index contributed by atoms with van der Waals surface area (Å²) in [7, 11) is 4.88. The van der Waals surface area contributed by atoms with Gasteiger partial charge in [0.1, 0.15) is 5.75 Å². The van der Waals surface area contributed by atoms with E-state index in [-0.39, 0.29) is 0 Å². The lowest BCUT2D eigenvalue weighted by atomic mass is 10.1. The van der Waals surface area contributed by atoms with Crippen molar-refractivity contribution in [2.24, 2.45) is 0 Å². The molecule has 0 heterocycles. The van der Waals surface area contributed by atoms with Gasteiger partial charge in [0.25, 0.3) is 0 Å². The van der Waals surface area contributed by atoms with Crippen molar-refractivity contribution >= 4 is 6.08 Å². The SMILES string of the molecule is CCNC(C)/C=C/c1cc(OC)c(OC)cc1OC. The minimum Gasteiger partial charge on any atom is -0.496 e. The lowest BCUT2D eigenvalue weighted by Gasteiger charge is -2.12. The Bertz CT molecular complexity index is 430. The fourth-order valence-electron chi connectivity index (χ4n) is 1.82. The fourth-order valence-corrected chi connectivity index (χ4v) is 1.82. The van der Waals surface area contributed by atoms with Crippen molar-refractivity contribution in [2.45, 2.75) is 19.9 Å². The number of rotatable bonds is 7. The second-order valence-electron chi connectivity index (χ2n) is 4.15. The molecule has 0 saturated carbocycles. The smallest absolute Gasteiger partial charge is 0.164 e. The molecule has 0 saturated heterocycles. The van der Waals surface area contributed by atoms with Crippen molar-refractivity contribution in [1.82, 2.24) is 5.32 Å². The van der Waals surface area contributed by atoms with Crippen molar-refractivity contribution in [3.05, 3.63) is 23.8 Å². The summed E-state index contributed by atoms with van der Waals surface area (Å²) >= 11 is 0. The van der Waals surface area contributed by atoms with Crippen LogP contribution in [0.3, 0.4) is 0 Å². The lowest BCUT2D eigenvalue weighted by molar-refractivity contribution is 0.348. The number of nitrogens with one attached hydrogen (secondary N) is 1. The van der Waals surface area contributed by atoms with Crippen LogP contribution in [0.1, 0.15) is 19.4 Å². The van der Waals surface area contributed by atoms with Crippen LogP contribution in [-0.4, -0.2) is 33.9 Å². The van der Waals surface area contributed by atoms with Gasteiger partial charge in [0.15, 0.2) is 11.5 Å². The standard InChI is InChI=1S/C15H23NO3/c1-6-16-11(2)7-8-12-9-14(18-4)15(19-5)10-13(12)17-3/h7-11,16H,6H2,1-5H3/b8-7+. The Labute approximate surface area is 115 Å². The summed E-state index contributed by atoms with van der Waals surface area (Å²) in [6.07, 6.45) is 4.11.